The molecule has 0 saturated carbocycles. The highest BCUT2D eigenvalue weighted by Gasteiger charge is 2.14. The average Bonchev–Trinajstić information content (AvgIpc) is 2.38. The Kier molecular flexibility index (Phi) is 3.40. The summed E-state index contributed by atoms with van der Waals surface area (Å²) in [7, 11) is 0. The Balaban J connectivity index is 2.46. The van der Waals surface area contributed by atoms with Crippen molar-refractivity contribution in [1.29, 1.82) is 5.26 Å². The fraction of sp³-hybridized carbons (Fsp3) is 0.235. The molecule has 0 N–H and O–H groups in total. The molecule has 0 bridgehead atoms. The summed E-state index contributed by atoms with van der Waals surface area (Å²) in [6, 6.07) is 14.3. The van der Waals surface area contributed by atoms with Crippen LogP contribution in [0, 0.1) is 17.1 Å². The molecule has 0 aliphatic rings. The maximum atomic E-state index is 13.8. The van der Waals surface area contributed by atoms with Gasteiger partial charge >= 0.3 is 0 Å². The standard InChI is InChI=1S/C17H16FN/c1-17(2,3)14-7-5-13(6-8-14)15-10-12(11-19)4-9-16(15)18/h4-10H,1-3H3. The lowest BCUT2D eigenvalue weighted by atomic mass is 9.86. The monoisotopic (exact) mass is 253 g/mol. The first-order valence-corrected chi connectivity index (χ1v) is 6.22. The molecule has 0 spiro atoms. The fourth-order valence-corrected chi connectivity index (χ4v) is 1.97. The maximum Gasteiger partial charge on any atom is 0.131 e. The molecule has 0 amide bonds. The van der Waals surface area contributed by atoms with E-state index < -0.39 is 0 Å². The SMILES string of the molecule is CC(C)(C)c1ccc(-c2cc(C#N)ccc2F)cc1. The normalized spacial score (nSPS) is 11.1. The van der Waals surface area contributed by atoms with Crippen LogP contribution in [0.25, 0.3) is 11.1 Å². The maximum absolute atomic E-state index is 13.8. The Morgan fingerprint density at radius 1 is 1.00 bits per heavy atom. The summed E-state index contributed by atoms with van der Waals surface area (Å²) in [6.45, 7) is 6.41. The summed E-state index contributed by atoms with van der Waals surface area (Å²) < 4.78 is 13.8. The number of hydrogen-bond donors (Lipinski definition) is 0. The van der Waals surface area contributed by atoms with Crippen LogP contribution in [-0.2, 0) is 5.41 Å². The van der Waals surface area contributed by atoms with Gasteiger partial charge in [-0.15, -0.1) is 0 Å². The Labute approximate surface area is 113 Å². The van der Waals surface area contributed by atoms with Crippen LogP contribution >= 0.6 is 0 Å². The van der Waals surface area contributed by atoms with Crippen molar-refractivity contribution in [3.05, 3.63) is 59.4 Å². The molecule has 19 heavy (non-hydrogen) atoms. The number of hydrogen-bond acceptors (Lipinski definition) is 1. The van der Waals surface area contributed by atoms with Crippen LogP contribution in [0.15, 0.2) is 42.5 Å². The summed E-state index contributed by atoms with van der Waals surface area (Å²) >= 11 is 0. The minimum atomic E-state index is -0.303. The highest BCUT2D eigenvalue weighted by molar-refractivity contribution is 5.66. The van der Waals surface area contributed by atoms with E-state index in [0.717, 1.165) is 5.56 Å². The predicted molar refractivity (Wildman–Crippen MR) is 75.3 cm³/mol. The third-order valence-electron chi connectivity index (χ3n) is 3.16. The van der Waals surface area contributed by atoms with E-state index in [1.54, 1.807) is 6.07 Å². The number of nitriles is 1. The van der Waals surface area contributed by atoms with Crippen molar-refractivity contribution in [1.82, 2.24) is 0 Å². The van der Waals surface area contributed by atoms with Gasteiger partial charge in [-0.1, -0.05) is 45.0 Å². The van der Waals surface area contributed by atoms with Crippen LogP contribution in [0.1, 0.15) is 31.9 Å². The van der Waals surface area contributed by atoms with Gasteiger partial charge in [0.25, 0.3) is 0 Å². The molecular formula is C17H16FN. The molecule has 0 radical (unpaired) electrons. The Bertz CT molecular complexity index is 628. The Morgan fingerprint density at radius 3 is 2.16 bits per heavy atom. The van der Waals surface area contributed by atoms with Crippen molar-refractivity contribution in [3.63, 3.8) is 0 Å². The highest BCUT2D eigenvalue weighted by Crippen LogP contribution is 2.28. The van der Waals surface area contributed by atoms with E-state index in [0.29, 0.717) is 11.1 Å². The zero-order valence-corrected chi connectivity index (χ0v) is 11.4. The first-order chi connectivity index (χ1) is 8.91. The molecule has 0 atom stereocenters. The molecule has 0 unspecified atom stereocenters. The van der Waals surface area contributed by atoms with Crippen LogP contribution in [0.2, 0.25) is 0 Å². The predicted octanol–water partition coefficient (Wildman–Crippen LogP) is 4.66. The zero-order chi connectivity index (χ0) is 14.0. The lowest BCUT2D eigenvalue weighted by molar-refractivity contribution is 0.590. The molecule has 2 rings (SSSR count). The molecule has 0 aromatic heterocycles. The number of rotatable bonds is 1. The second-order valence-electron chi connectivity index (χ2n) is 5.63. The van der Waals surface area contributed by atoms with Crippen LogP contribution in [0.4, 0.5) is 4.39 Å². The third-order valence-corrected chi connectivity index (χ3v) is 3.16. The third kappa shape index (κ3) is 2.82. The molecule has 0 aliphatic heterocycles. The first-order valence-electron chi connectivity index (χ1n) is 6.22. The van der Waals surface area contributed by atoms with Gasteiger partial charge in [-0.25, -0.2) is 4.39 Å². The van der Waals surface area contributed by atoms with Crippen LogP contribution < -0.4 is 0 Å². The minimum Gasteiger partial charge on any atom is -0.206 e. The summed E-state index contributed by atoms with van der Waals surface area (Å²) in [5.74, 6) is -0.303. The number of benzene rings is 2. The van der Waals surface area contributed by atoms with E-state index in [-0.39, 0.29) is 11.2 Å². The highest BCUT2D eigenvalue weighted by atomic mass is 19.1. The second kappa shape index (κ2) is 4.85. The van der Waals surface area contributed by atoms with E-state index in [2.05, 4.69) is 20.8 Å². The van der Waals surface area contributed by atoms with Crippen LogP contribution in [-0.4, -0.2) is 0 Å². The molecule has 0 fully saturated rings. The Hall–Kier alpha value is -2.14. The van der Waals surface area contributed by atoms with Crippen LogP contribution in [0.5, 0.6) is 0 Å². The van der Waals surface area contributed by atoms with E-state index in [4.69, 9.17) is 5.26 Å². The van der Waals surface area contributed by atoms with E-state index in [9.17, 15) is 4.39 Å². The van der Waals surface area contributed by atoms with Gasteiger partial charge in [-0.2, -0.15) is 5.26 Å². The van der Waals surface area contributed by atoms with Crippen molar-refractivity contribution in [2.75, 3.05) is 0 Å². The van der Waals surface area contributed by atoms with Gasteiger partial charge in [-0.3, -0.25) is 0 Å². The van der Waals surface area contributed by atoms with Crippen molar-refractivity contribution >= 4 is 0 Å². The average molecular weight is 253 g/mol. The molecule has 0 saturated heterocycles. The van der Waals surface area contributed by atoms with Crippen molar-refractivity contribution < 1.29 is 4.39 Å². The van der Waals surface area contributed by atoms with Gasteiger partial charge in [0.05, 0.1) is 11.6 Å². The van der Waals surface area contributed by atoms with E-state index >= 15 is 0 Å². The molecule has 96 valence electrons. The lowest BCUT2D eigenvalue weighted by Gasteiger charge is -2.19. The zero-order valence-electron chi connectivity index (χ0n) is 11.4. The smallest absolute Gasteiger partial charge is 0.131 e. The number of halogens is 1. The van der Waals surface area contributed by atoms with Gasteiger partial charge in [0.2, 0.25) is 0 Å². The van der Waals surface area contributed by atoms with Gasteiger partial charge in [0, 0.05) is 5.56 Å². The summed E-state index contributed by atoms with van der Waals surface area (Å²) in [4.78, 5) is 0. The van der Waals surface area contributed by atoms with Gasteiger partial charge in [0.1, 0.15) is 5.82 Å². The van der Waals surface area contributed by atoms with Gasteiger partial charge in [0.15, 0.2) is 0 Å². The molecule has 0 heterocycles. The fourth-order valence-electron chi connectivity index (χ4n) is 1.97. The lowest BCUT2D eigenvalue weighted by Crippen LogP contribution is -2.10. The largest absolute Gasteiger partial charge is 0.206 e. The van der Waals surface area contributed by atoms with Crippen LogP contribution in [0.3, 0.4) is 0 Å². The molecule has 2 heteroatoms. The van der Waals surface area contributed by atoms with E-state index in [1.165, 1.54) is 17.7 Å². The second-order valence-corrected chi connectivity index (χ2v) is 5.63. The van der Waals surface area contributed by atoms with Gasteiger partial charge in [-0.05, 0) is 34.7 Å². The topological polar surface area (TPSA) is 23.8 Å². The molecule has 2 aromatic rings. The summed E-state index contributed by atoms with van der Waals surface area (Å²) in [6.07, 6.45) is 0. The molecular weight excluding hydrogens is 237 g/mol. The van der Waals surface area contributed by atoms with Crippen molar-refractivity contribution in [2.24, 2.45) is 0 Å². The minimum absolute atomic E-state index is 0.0750. The first kappa shape index (κ1) is 13.3. The van der Waals surface area contributed by atoms with Crippen molar-refractivity contribution in [2.45, 2.75) is 26.2 Å². The molecule has 0 aliphatic carbocycles. The number of nitrogens with zero attached hydrogens (tertiary/aromatic N) is 1. The molecule has 2 aromatic carbocycles. The Morgan fingerprint density at radius 2 is 1.63 bits per heavy atom. The quantitative estimate of drug-likeness (QED) is 0.725. The van der Waals surface area contributed by atoms with E-state index in [1.807, 2.05) is 30.3 Å². The molecule has 1 nitrogen and oxygen atoms in total. The van der Waals surface area contributed by atoms with Gasteiger partial charge < -0.3 is 0 Å². The van der Waals surface area contributed by atoms with Crippen molar-refractivity contribution in [3.8, 4) is 17.2 Å². The summed E-state index contributed by atoms with van der Waals surface area (Å²) in [5, 5.41) is 8.88. The summed E-state index contributed by atoms with van der Waals surface area (Å²) in [5.41, 5.74) is 3.01.